The van der Waals surface area contributed by atoms with E-state index < -0.39 is 11.6 Å². The van der Waals surface area contributed by atoms with E-state index in [1.54, 1.807) is 6.07 Å². The average Bonchev–Trinajstić information content (AvgIpc) is 2.86. The number of halogens is 2. The second-order valence-electron chi connectivity index (χ2n) is 8.43. The highest BCUT2D eigenvalue weighted by atomic mass is 19.1. The van der Waals surface area contributed by atoms with Crippen LogP contribution in [0, 0.1) is 17.6 Å². The molecule has 2 aliphatic rings. The molecule has 5 rings (SSSR count). The molecule has 0 aliphatic carbocycles. The number of hydrogen-bond acceptors (Lipinski definition) is 5. The Morgan fingerprint density at radius 2 is 1.76 bits per heavy atom. The molecule has 0 saturated carbocycles. The molecule has 0 radical (unpaired) electrons. The van der Waals surface area contributed by atoms with Crippen LogP contribution in [0.1, 0.15) is 24.0 Å². The first-order valence-corrected chi connectivity index (χ1v) is 11.1. The Bertz CT molecular complexity index is 1160. The van der Waals surface area contributed by atoms with Gasteiger partial charge in [0.25, 0.3) is 0 Å². The fourth-order valence-electron chi connectivity index (χ4n) is 4.52. The van der Waals surface area contributed by atoms with E-state index in [1.807, 2.05) is 17.0 Å². The first-order chi connectivity index (χ1) is 16.1. The van der Waals surface area contributed by atoms with Crippen molar-refractivity contribution in [3.63, 3.8) is 0 Å². The predicted molar refractivity (Wildman–Crippen MR) is 119 cm³/mol. The second-order valence-corrected chi connectivity index (χ2v) is 8.43. The Balaban J connectivity index is 1.20. The molecule has 0 atom stereocenters. The maximum atomic E-state index is 13.9. The zero-order valence-corrected chi connectivity index (χ0v) is 18.1. The Labute approximate surface area is 190 Å². The molecule has 2 aromatic carbocycles. The first kappa shape index (κ1) is 21.3. The van der Waals surface area contributed by atoms with E-state index in [0.717, 1.165) is 44.0 Å². The summed E-state index contributed by atoms with van der Waals surface area (Å²) in [5.74, 6) is -0.514. The number of fused-ring (bicyclic) bond motifs is 1. The largest absolute Gasteiger partial charge is 0.436 e. The van der Waals surface area contributed by atoms with Gasteiger partial charge in [0.15, 0.2) is 11.6 Å². The third-order valence-electron chi connectivity index (χ3n) is 6.35. The lowest BCUT2D eigenvalue weighted by Gasteiger charge is -2.36. The maximum absolute atomic E-state index is 13.9. The van der Waals surface area contributed by atoms with E-state index in [9.17, 15) is 13.6 Å². The molecule has 0 unspecified atom stereocenters. The molecule has 3 aromatic rings. The van der Waals surface area contributed by atoms with Gasteiger partial charge in [0, 0.05) is 44.2 Å². The highest BCUT2D eigenvalue weighted by Gasteiger charge is 2.30. The van der Waals surface area contributed by atoms with Crippen LogP contribution in [0.4, 0.5) is 14.6 Å². The van der Waals surface area contributed by atoms with Crippen LogP contribution in [0.25, 0.3) is 0 Å². The van der Waals surface area contributed by atoms with Crippen molar-refractivity contribution < 1.29 is 18.3 Å². The molecule has 3 heterocycles. The molecular formula is C25H24F2N4O2. The van der Waals surface area contributed by atoms with Crippen LogP contribution in [0.5, 0.6) is 11.6 Å². The summed E-state index contributed by atoms with van der Waals surface area (Å²) in [5, 5.41) is 0. The van der Waals surface area contributed by atoms with Gasteiger partial charge in [-0.1, -0.05) is 24.3 Å². The van der Waals surface area contributed by atoms with Crippen molar-refractivity contribution in [2.45, 2.75) is 25.8 Å². The van der Waals surface area contributed by atoms with E-state index in [4.69, 9.17) is 4.74 Å². The molecule has 1 aromatic heterocycles. The van der Waals surface area contributed by atoms with Crippen LogP contribution in [-0.2, 0) is 17.8 Å². The van der Waals surface area contributed by atoms with Crippen molar-refractivity contribution in [2.24, 2.45) is 5.92 Å². The van der Waals surface area contributed by atoms with Crippen molar-refractivity contribution >= 4 is 11.7 Å². The standard InChI is InChI=1S/C25H24F2N4O2/c26-20-5-6-21(27)22(13-20)33-24-14-23(28-16-29-24)30-10-8-18(9-11-30)25(32)31-12-7-17-3-1-2-4-19(17)15-31/h1-6,13-14,16,18H,7-12,15H2. The maximum Gasteiger partial charge on any atom is 0.226 e. The highest BCUT2D eigenvalue weighted by Crippen LogP contribution is 2.29. The number of carbonyl (C=O) groups excluding carboxylic acids is 1. The number of nitrogens with zero attached hydrogens (tertiary/aromatic N) is 4. The summed E-state index contributed by atoms with van der Waals surface area (Å²) in [6, 6.07) is 12.9. The molecule has 0 bridgehead atoms. The number of piperidine rings is 1. The number of ether oxygens (including phenoxy) is 1. The minimum atomic E-state index is -0.670. The monoisotopic (exact) mass is 450 g/mol. The molecule has 0 N–H and O–H groups in total. The molecular weight excluding hydrogens is 426 g/mol. The van der Waals surface area contributed by atoms with Crippen LogP contribution < -0.4 is 9.64 Å². The lowest BCUT2D eigenvalue weighted by molar-refractivity contribution is -0.137. The summed E-state index contributed by atoms with van der Waals surface area (Å²) in [6.45, 7) is 2.79. The summed E-state index contributed by atoms with van der Waals surface area (Å²) in [7, 11) is 0. The summed E-state index contributed by atoms with van der Waals surface area (Å²) >= 11 is 0. The molecule has 2 aliphatic heterocycles. The summed E-state index contributed by atoms with van der Waals surface area (Å²) < 4.78 is 32.7. The van der Waals surface area contributed by atoms with E-state index in [0.29, 0.717) is 25.5 Å². The van der Waals surface area contributed by atoms with Gasteiger partial charge < -0.3 is 14.5 Å². The number of aromatic nitrogens is 2. The van der Waals surface area contributed by atoms with Crippen molar-refractivity contribution in [1.82, 2.24) is 14.9 Å². The lowest BCUT2D eigenvalue weighted by atomic mass is 9.93. The SMILES string of the molecule is O=C(C1CCN(c2cc(Oc3cc(F)ccc3F)ncn2)CC1)N1CCc2ccccc2C1. The van der Waals surface area contributed by atoms with E-state index in [2.05, 4.69) is 27.0 Å². The lowest BCUT2D eigenvalue weighted by Crippen LogP contribution is -2.44. The number of benzene rings is 2. The number of hydrogen-bond donors (Lipinski definition) is 0. The van der Waals surface area contributed by atoms with Crippen molar-refractivity contribution in [1.29, 1.82) is 0 Å². The van der Waals surface area contributed by atoms with E-state index in [1.165, 1.54) is 17.5 Å². The van der Waals surface area contributed by atoms with Crippen molar-refractivity contribution in [2.75, 3.05) is 24.5 Å². The molecule has 0 spiro atoms. The van der Waals surface area contributed by atoms with Gasteiger partial charge in [0.05, 0.1) is 0 Å². The fourth-order valence-corrected chi connectivity index (χ4v) is 4.52. The topological polar surface area (TPSA) is 58.6 Å². The molecule has 170 valence electrons. The quantitative estimate of drug-likeness (QED) is 0.592. The third kappa shape index (κ3) is 4.65. The Morgan fingerprint density at radius 1 is 0.970 bits per heavy atom. The number of anilines is 1. The Kier molecular flexibility index (Phi) is 5.90. The van der Waals surface area contributed by atoms with Crippen LogP contribution in [0.15, 0.2) is 54.9 Å². The van der Waals surface area contributed by atoms with Gasteiger partial charge in [0.1, 0.15) is 18.0 Å². The minimum Gasteiger partial charge on any atom is -0.436 e. The Hall–Kier alpha value is -3.55. The summed E-state index contributed by atoms with van der Waals surface area (Å²) in [5.41, 5.74) is 2.56. The highest BCUT2D eigenvalue weighted by molar-refractivity contribution is 5.79. The predicted octanol–water partition coefficient (Wildman–Crippen LogP) is 4.35. The normalized spacial score (nSPS) is 16.4. The van der Waals surface area contributed by atoms with Crippen LogP contribution in [0.3, 0.4) is 0 Å². The zero-order valence-electron chi connectivity index (χ0n) is 18.1. The van der Waals surface area contributed by atoms with Gasteiger partial charge in [-0.25, -0.2) is 18.7 Å². The van der Waals surface area contributed by atoms with Gasteiger partial charge in [-0.15, -0.1) is 0 Å². The zero-order chi connectivity index (χ0) is 22.8. The van der Waals surface area contributed by atoms with Crippen LogP contribution in [-0.4, -0.2) is 40.4 Å². The smallest absolute Gasteiger partial charge is 0.226 e. The molecule has 1 saturated heterocycles. The molecule has 6 nitrogen and oxygen atoms in total. The van der Waals surface area contributed by atoms with Crippen molar-refractivity contribution in [3.8, 4) is 11.6 Å². The minimum absolute atomic E-state index is 0.00883. The summed E-state index contributed by atoms with van der Waals surface area (Å²) in [6.07, 6.45) is 3.70. The van der Waals surface area contributed by atoms with Gasteiger partial charge in [-0.05, 0) is 42.5 Å². The number of amides is 1. The van der Waals surface area contributed by atoms with Gasteiger partial charge in [-0.3, -0.25) is 4.79 Å². The second kappa shape index (κ2) is 9.13. The Morgan fingerprint density at radius 3 is 2.58 bits per heavy atom. The molecule has 1 amide bonds. The summed E-state index contributed by atoms with van der Waals surface area (Å²) in [4.78, 5) is 25.5. The number of carbonyl (C=O) groups is 1. The first-order valence-electron chi connectivity index (χ1n) is 11.1. The van der Waals surface area contributed by atoms with Crippen LogP contribution in [0.2, 0.25) is 0 Å². The third-order valence-corrected chi connectivity index (χ3v) is 6.35. The van der Waals surface area contributed by atoms with Crippen LogP contribution >= 0.6 is 0 Å². The van der Waals surface area contributed by atoms with E-state index in [-0.39, 0.29) is 23.5 Å². The van der Waals surface area contributed by atoms with Gasteiger partial charge in [-0.2, -0.15) is 0 Å². The average molecular weight is 450 g/mol. The molecule has 1 fully saturated rings. The molecule has 8 heteroatoms. The fraction of sp³-hybridized carbons (Fsp3) is 0.320. The number of rotatable bonds is 4. The molecule has 33 heavy (non-hydrogen) atoms. The van der Waals surface area contributed by atoms with Crippen molar-refractivity contribution in [3.05, 3.63) is 77.6 Å². The van der Waals surface area contributed by atoms with Gasteiger partial charge >= 0.3 is 0 Å². The van der Waals surface area contributed by atoms with Gasteiger partial charge in [0.2, 0.25) is 11.8 Å². The van der Waals surface area contributed by atoms with E-state index >= 15 is 0 Å².